The van der Waals surface area contributed by atoms with Gasteiger partial charge in [-0.3, -0.25) is 9.59 Å². The van der Waals surface area contributed by atoms with E-state index >= 15 is 0 Å². The van der Waals surface area contributed by atoms with E-state index in [0.29, 0.717) is 30.0 Å². The van der Waals surface area contributed by atoms with Gasteiger partial charge in [0.1, 0.15) is 6.61 Å². The van der Waals surface area contributed by atoms with Crippen LogP contribution in [0.4, 0.5) is 0 Å². The second-order valence-corrected chi connectivity index (χ2v) is 9.27. The first-order valence-electron chi connectivity index (χ1n) is 9.77. The lowest BCUT2D eigenvalue weighted by molar-refractivity contribution is -0.133. The molecule has 1 N–H and O–H groups in total. The highest BCUT2D eigenvalue weighted by molar-refractivity contribution is 5.91. The van der Waals surface area contributed by atoms with Gasteiger partial charge in [-0.25, -0.2) is 0 Å². The van der Waals surface area contributed by atoms with E-state index in [4.69, 9.17) is 0 Å². The van der Waals surface area contributed by atoms with Gasteiger partial charge >= 0.3 is 0 Å². The Hall–Kier alpha value is -0.960. The molecule has 0 unspecified atom stereocenters. The Morgan fingerprint density at radius 2 is 1.92 bits per heavy atom. The van der Waals surface area contributed by atoms with Gasteiger partial charge in [0.25, 0.3) is 0 Å². The summed E-state index contributed by atoms with van der Waals surface area (Å²) in [6.07, 6.45) is 10.3. The number of hydrogen-bond donors (Lipinski definition) is 1. The Kier molecular flexibility index (Phi) is 3.80. The molecule has 0 aromatic carbocycles. The molecule has 3 saturated carbocycles. The van der Waals surface area contributed by atoms with Gasteiger partial charge in [-0.05, 0) is 79.6 Å². The molecule has 0 aliphatic heterocycles. The van der Waals surface area contributed by atoms with E-state index in [1.165, 1.54) is 18.4 Å². The molecule has 3 nitrogen and oxygen atoms in total. The van der Waals surface area contributed by atoms with Crippen molar-refractivity contribution >= 4 is 11.6 Å². The fourth-order valence-corrected chi connectivity index (χ4v) is 7.20. The third-order valence-corrected chi connectivity index (χ3v) is 8.51. The Balaban J connectivity index is 1.65. The summed E-state index contributed by atoms with van der Waals surface area (Å²) < 4.78 is 0. The zero-order valence-electron chi connectivity index (χ0n) is 15.0. The standard InChI is InChI=1S/C21H30O3/c1-20-9-7-14(23)11-13(20)3-4-15-16-5-6-18(19(24)12-22)21(16,2)10-8-17(15)20/h11,15-18,22H,3-10,12H2,1-2H3/t15-,16+,17+,18-,20+,21+/m0/s1. The first-order chi connectivity index (χ1) is 11.4. The largest absolute Gasteiger partial charge is 0.389 e. The summed E-state index contributed by atoms with van der Waals surface area (Å²) in [6.45, 7) is 4.42. The summed E-state index contributed by atoms with van der Waals surface area (Å²) in [5, 5.41) is 9.36. The van der Waals surface area contributed by atoms with Crippen LogP contribution in [0.2, 0.25) is 0 Å². The van der Waals surface area contributed by atoms with Crippen LogP contribution >= 0.6 is 0 Å². The maximum Gasteiger partial charge on any atom is 0.161 e. The predicted octanol–water partition coefficient (Wildman–Crippen LogP) is 3.70. The normalized spacial score (nSPS) is 47.5. The predicted molar refractivity (Wildman–Crippen MR) is 92.3 cm³/mol. The SMILES string of the molecule is C[C@@]12CC[C@@H]3[C@@H](CCC4=CC(=O)CC[C@]43C)[C@H]1CC[C@H]2C(=O)CO. The zero-order valence-corrected chi connectivity index (χ0v) is 15.0. The molecule has 4 aliphatic rings. The first-order valence-corrected chi connectivity index (χ1v) is 9.77. The van der Waals surface area contributed by atoms with Crippen LogP contribution in [0.15, 0.2) is 11.6 Å². The molecule has 0 aromatic heterocycles. The monoisotopic (exact) mass is 330 g/mol. The van der Waals surface area contributed by atoms with E-state index < -0.39 is 0 Å². The molecule has 0 spiro atoms. The van der Waals surface area contributed by atoms with Crippen LogP contribution in [-0.2, 0) is 9.59 Å². The van der Waals surface area contributed by atoms with Gasteiger partial charge in [-0.2, -0.15) is 0 Å². The molecular weight excluding hydrogens is 300 g/mol. The van der Waals surface area contributed by atoms with E-state index in [2.05, 4.69) is 13.8 Å². The Morgan fingerprint density at radius 3 is 2.67 bits per heavy atom. The summed E-state index contributed by atoms with van der Waals surface area (Å²) in [5.41, 5.74) is 1.70. The number of aliphatic hydroxyl groups is 1. The van der Waals surface area contributed by atoms with E-state index in [0.717, 1.165) is 32.1 Å². The van der Waals surface area contributed by atoms with Crippen LogP contribution in [0, 0.1) is 34.5 Å². The fourth-order valence-electron chi connectivity index (χ4n) is 7.20. The minimum absolute atomic E-state index is 0.0596. The fraction of sp³-hybridized carbons (Fsp3) is 0.810. The highest BCUT2D eigenvalue weighted by Crippen LogP contribution is 2.66. The molecule has 0 saturated heterocycles. The number of ketones is 2. The van der Waals surface area contributed by atoms with Gasteiger partial charge in [0.2, 0.25) is 0 Å². The second kappa shape index (κ2) is 5.52. The van der Waals surface area contributed by atoms with Gasteiger partial charge < -0.3 is 5.11 Å². The molecular formula is C21H30O3. The van der Waals surface area contributed by atoms with Gasteiger partial charge in [0, 0.05) is 12.3 Å². The van der Waals surface area contributed by atoms with Gasteiger partial charge in [0.15, 0.2) is 11.6 Å². The average molecular weight is 330 g/mol. The molecule has 4 aliphatic carbocycles. The van der Waals surface area contributed by atoms with E-state index in [1.54, 1.807) is 0 Å². The number of aliphatic hydroxyl groups excluding tert-OH is 1. The van der Waals surface area contributed by atoms with Crippen molar-refractivity contribution in [1.82, 2.24) is 0 Å². The molecule has 6 atom stereocenters. The highest BCUT2D eigenvalue weighted by atomic mass is 16.3. The summed E-state index contributed by atoms with van der Waals surface area (Å²) >= 11 is 0. The van der Waals surface area contributed by atoms with Gasteiger partial charge in [-0.1, -0.05) is 19.4 Å². The maximum atomic E-state index is 12.3. The number of carbonyl (C=O) groups is 2. The molecule has 0 bridgehead atoms. The molecule has 3 fully saturated rings. The highest BCUT2D eigenvalue weighted by Gasteiger charge is 2.59. The Bertz CT molecular complexity index is 606. The average Bonchev–Trinajstić information content (AvgIpc) is 2.92. The number of hydrogen-bond acceptors (Lipinski definition) is 3. The van der Waals surface area contributed by atoms with E-state index in [9.17, 15) is 14.7 Å². The first kappa shape index (κ1) is 16.5. The third kappa shape index (κ3) is 2.13. The van der Waals surface area contributed by atoms with Gasteiger partial charge in [-0.15, -0.1) is 0 Å². The van der Waals surface area contributed by atoms with E-state index in [-0.39, 0.29) is 29.1 Å². The van der Waals surface area contributed by atoms with Crippen molar-refractivity contribution in [3.63, 3.8) is 0 Å². The quantitative estimate of drug-likeness (QED) is 0.840. The Morgan fingerprint density at radius 1 is 1.12 bits per heavy atom. The van der Waals surface area contributed by atoms with Crippen molar-refractivity contribution in [2.75, 3.05) is 6.61 Å². The lowest BCUT2D eigenvalue weighted by atomic mass is 9.46. The molecule has 0 heterocycles. The summed E-state index contributed by atoms with van der Waals surface area (Å²) in [5.74, 6) is 2.42. The molecule has 3 heteroatoms. The molecule has 0 aromatic rings. The van der Waals surface area contributed by atoms with Crippen LogP contribution in [0.1, 0.15) is 65.2 Å². The van der Waals surface area contributed by atoms with E-state index in [1.807, 2.05) is 6.08 Å². The van der Waals surface area contributed by atoms with Crippen LogP contribution in [-0.4, -0.2) is 23.3 Å². The van der Waals surface area contributed by atoms with Crippen molar-refractivity contribution in [2.24, 2.45) is 34.5 Å². The minimum Gasteiger partial charge on any atom is -0.389 e. The van der Waals surface area contributed by atoms with Crippen molar-refractivity contribution < 1.29 is 14.7 Å². The summed E-state index contributed by atoms with van der Waals surface area (Å²) in [7, 11) is 0. The molecule has 132 valence electrons. The number of rotatable bonds is 2. The molecule has 0 radical (unpaired) electrons. The van der Waals surface area contributed by atoms with Crippen LogP contribution in [0.3, 0.4) is 0 Å². The smallest absolute Gasteiger partial charge is 0.161 e. The van der Waals surface area contributed by atoms with Crippen molar-refractivity contribution in [2.45, 2.75) is 65.2 Å². The second-order valence-electron chi connectivity index (χ2n) is 9.27. The lowest BCUT2D eigenvalue weighted by Gasteiger charge is -2.58. The maximum absolute atomic E-state index is 12.3. The van der Waals surface area contributed by atoms with Crippen molar-refractivity contribution in [1.29, 1.82) is 0 Å². The number of allylic oxidation sites excluding steroid dienone is 1. The topological polar surface area (TPSA) is 54.4 Å². The van der Waals surface area contributed by atoms with Gasteiger partial charge in [0.05, 0.1) is 0 Å². The summed E-state index contributed by atoms with van der Waals surface area (Å²) in [4.78, 5) is 24.1. The lowest BCUT2D eigenvalue weighted by Crippen LogP contribution is -2.51. The van der Waals surface area contributed by atoms with Crippen LogP contribution in [0.5, 0.6) is 0 Å². The number of fused-ring (bicyclic) bond motifs is 5. The Labute approximate surface area is 144 Å². The molecule has 4 rings (SSSR count). The van der Waals surface area contributed by atoms with Crippen LogP contribution in [0.25, 0.3) is 0 Å². The molecule has 24 heavy (non-hydrogen) atoms. The number of carbonyl (C=O) groups excluding carboxylic acids is 2. The third-order valence-electron chi connectivity index (χ3n) is 8.51. The molecule has 0 amide bonds. The van der Waals surface area contributed by atoms with Crippen molar-refractivity contribution in [3.05, 3.63) is 11.6 Å². The van der Waals surface area contributed by atoms with Crippen LogP contribution < -0.4 is 0 Å². The minimum atomic E-state index is -0.298. The van der Waals surface area contributed by atoms with Crippen molar-refractivity contribution in [3.8, 4) is 0 Å². The zero-order chi connectivity index (χ0) is 17.1. The summed E-state index contributed by atoms with van der Waals surface area (Å²) in [6, 6.07) is 0. The number of Topliss-reactive ketones (excluding diaryl/α,β-unsaturated/α-hetero) is 1.